The van der Waals surface area contributed by atoms with E-state index in [1.54, 1.807) is 30.8 Å². The van der Waals surface area contributed by atoms with Gasteiger partial charge in [-0.15, -0.1) is 11.3 Å². The summed E-state index contributed by atoms with van der Waals surface area (Å²) in [7, 11) is 1.79. The molecule has 0 N–H and O–H groups in total. The Bertz CT molecular complexity index is 585. The number of piperidine rings is 1. The first-order valence-electron chi connectivity index (χ1n) is 7.46. The van der Waals surface area contributed by atoms with Crippen LogP contribution >= 0.6 is 11.3 Å². The highest BCUT2D eigenvalue weighted by molar-refractivity contribution is 7.13. The number of carbonyl (C=O) groups is 1. The Balaban J connectivity index is 1.62. The summed E-state index contributed by atoms with van der Waals surface area (Å²) in [5.41, 5.74) is 0. The highest BCUT2D eigenvalue weighted by Crippen LogP contribution is 2.20. The fourth-order valence-electron chi connectivity index (χ4n) is 2.79. The molecule has 7 nitrogen and oxygen atoms in total. The molecule has 1 saturated heterocycles. The molecular formula is C14H20N6OS. The highest BCUT2D eigenvalue weighted by atomic mass is 32.1. The Morgan fingerprint density at radius 1 is 1.50 bits per heavy atom. The molecule has 2 aromatic heterocycles. The highest BCUT2D eigenvalue weighted by Gasteiger charge is 2.26. The summed E-state index contributed by atoms with van der Waals surface area (Å²) >= 11 is 1.48. The standard InChI is InChI=1S/C14H20N6OS/c1-18(14-16-5-7-22-14)13(21)9-19-6-3-2-4-12(19)8-20-11-15-10-17-20/h5,7,10-12H,2-4,6,8-9H2,1H3/t12-/m1/s1. The number of likely N-dealkylation sites (tertiary alicyclic amines) is 1. The van der Waals surface area contributed by atoms with Crippen molar-refractivity contribution in [3.05, 3.63) is 24.2 Å². The molecule has 0 radical (unpaired) electrons. The normalized spacial score (nSPS) is 19.2. The van der Waals surface area contributed by atoms with Crippen molar-refractivity contribution in [2.75, 3.05) is 25.0 Å². The first kappa shape index (κ1) is 15.1. The van der Waals surface area contributed by atoms with Crippen LogP contribution in [0.2, 0.25) is 0 Å². The molecule has 0 saturated carbocycles. The number of nitrogens with zero attached hydrogens (tertiary/aromatic N) is 6. The third-order valence-electron chi connectivity index (χ3n) is 4.03. The van der Waals surface area contributed by atoms with Crippen molar-refractivity contribution in [2.45, 2.75) is 31.8 Å². The van der Waals surface area contributed by atoms with E-state index in [1.807, 2.05) is 10.1 Å². The van der Waals surface area contributed by atoms with Crippen molar-refractivity contribution in [3.8, 4) is 0 Å². The second-order valence-electron chi connectivity index (χ2n) is 5.51. The van der Waals surface area contributed by atoms with E-state index < -0.39 is 0 Å². The van der Waals surface area contributed by atoms with Crippen molar-refractivity contribution in [1.82, 2.24) is 24.6 Å². The first-order chi connectivity index (χ1) is 10.7. The average Bonchev–Trinajstić information content (AvgIpc) is 3.21. The molecule has 1 fully saturated rings. The maximum Gasteiger partial charge on any atom is 0.242 e. The van der Waals surface area contributed by atoms with Crippen molar-refractivity contribution in [3.63, 3.8) is 0 Å². The SMILES string of the molecule is CN(C(=O)CN1CCCC[C@@H]1Cn1cncn1)c1nccs1. The van der Waals surface area contributed by atoms with Crippen LogP contribution in [0.25, 0.3) is 0 Å². The fraction of sp³-hybridized carbons (Fsp3) is 0.571. The molecule has 0 aromatic carbocycles. The lowest BCUT2D eigenvalue weighted by Gasteiger charge is -2.35. The average molecular weight is 320 g/mol. The zero-order valence-corrected chi connectivity index (χ0v) is 13.4. The minimum Gasteiger partial charge on any atom is -0.290 e. The monoisotopic (exact) mass is 320 g/mol. The largest absolute Gasteiger partial charge is 0.290 e. The van der Waals surface area contributed by atoms with Crippen LogP contribution in [0.3, 0.4) is 0 Å². The van der Waals surface area contributed by atoms with Gasteiger partial charge in [-0.1, -0.05) is 6.42 Å². The molecule has 8 heteroatoms. The van der Waals surface area contributed by atoms with Gasteiger partial charge in [0.05, 0.1) is 13.1 Å². The summed E-state index contributed by atoms with van der Waals surface area (Å²) in [5, 5.41) is 6.80. The van der Waals surface area contributed by atoms with Crippen LogP contribution in [-0.4, -0.2) is 56.7 Å². The molecule has 2 aromatic rings. The van der Waals surface area contributed by atoms with Crippen LogP contribution in [0.5, 0.6) is 0 Å². The van der Waals surface area contributed by atoms with E-state index in [2.05, 4.69) is 20.0 Å². The molecule has 22 heavy (non-hydrogen) atoms. The minimum atomic E-state index is 0.0837. The van der Waals surface area contributed by atoms with Crippen LogP contribution in [0, 0.1) is 0 Å². The second kappa shape index (κ2) is 6.97. The lowest BCUT2D eigenvalue weighted by atomic mass is 10.0. The van der Waals surface area contributed by atoms with Crippen LogP contribution < -0.4 is 4.90 Å². The van der Waals surface area contributed by atoms with E-state index in [4.69, 9.17) is 0 Å². The maximum atomic E-state index is 12.5. The molecule has 0 spiro atoms. The number of amides is 1. The van der Waals surface area contributed by atoms with Gasteiger partial charge in [-0.25, -0.2) is 9.97 Å². The predicted molar refractivity (Wildman–Crippen MR) is 84.8 cm³/mol. The zero-order chi connectivity index (χ0) is 15.4. The van der Waals surface area contributed by atoms with Crippen LogP contribution in [0.1, 0.15) is 19.3 Å². The second-order valence-corrected chi connectivity index (χ2v) is 6.38. The van der Waals surface area contributed by atoms with Crippen molar-refractivity contribution >= 4 is 22.4 Å². The predicted octanol–water partition coefficient (Wildman–Crippen LogP) is 1.25. The Kier molecular flexibility index (Phi) is 4.79. The van der Waals surface area contributed by atoms with Gasteiger partial charge in [-0.05, 0) is 19.4 Å². The molecule has 0 bridgehead atoms. The summed E-state index contributed by atoms with van der Waals surface area (Å²) in [5.74, 6) is 0.0837. The van der Waals surface area contributed by atoms with Crippen LogP contribution in [0.15, 0.2) is 24.2 Å². The van der Waals surface area contributed by atoms with Gasteiger partial charge in [-0.3, -0.25) is 19.3 Å². The number of anilines is 1. The van der Waals surface area contributed by atoms with Crippen molar-refractivity contribution in [1.29, 1.82) is 0 Å². The maximum absolute atomic E-state index is 12.5. The molecule has 3 heterocycles. The quantitative estimate of drug-likeness (QED) is 0.829. The van der Waals surface area contributed by atoms with E-state index in [0.717, 1.165) is 31.1 Å². The summed E-state index contributed by atoms with van der Waals surface area (Å²) in [4.78, 5) is 24.6. The van der Waals surface area contributed by atoms with Crippen LogP contribution in [-0.2, 0) is 11.3 Å². The van der Waals surface area contributed by atoms with Gasteiger partial charge >= 0.3 is 0 Å². The van der Waals surface area contributed by atoms with Gasteiger partial charge in [0.2, 0.25) is 5.91 Å². The van der Waals surface area contributed by atoms with Gasteiger partial charge in [0.25, 0.3) is 0 Å². The number of hydrogen-bond donors (Lipinski definition) is 0. The number of likely N-dealkylation sites (N-methyl/N-ethyl adjacent to an activating group) is 1. The molecule has 0 aliphatic carbocycles. The molecule has 118 valence electrons. The molecule has 1 aliphatic heterocycles. The Morgan fingerprint density at radius 3 is 3.14 bits per heavy atom. The van der Waals surface area contributed by atoms with E-state index in [-0.39, 0.29) is 5.91 Å². The number of rotatable bonds is 5. The van der Waals surface area contributed by atoms with Crippen molar-refractivity contribution < 1.29 is 4.79 Å². The third kappa shape index (κ3) is 3.50. The summed E-state index contributed by atoms with van der Waals surface area (Å²) < 4.78 is 1.85. The van der Waals surface area contributed by atoms with Gasteiger partial charge < -0.3 is 0 Å². The number of hydrogen-bond acceptors (Lipinski definition) is 6. The van der Waals surface area contributed by atoms with Gasteiger partial charge in [0.15, 0.2) is 5.13 Å². The lowest BCUT2D eigenvalue weighted by Crippen LogP contribution is -2.47. The van der Waals surface area contributed by atoms with E-state index in [1.165, 1.54) is 17.8 Å². The number of thiazole rings is 1. The Labute approximate surface area is 133 Å². The number of carbonyl (C=O) groups excluding carboxylic acids is 1. The van der Waals surface area contributed by atoms with E-state index in [0.29, 0.717) is 12.6 Å². The smallest absolute Gasteiger partial charge is 0.242 e. The zero-order valence-electron chi connectivity index (χ0n) is 12.6. The Morgan fingerprint density at radius 2 is 2.41 bits per heavy atom. The molecule has 1 atom stereocenters. The van der Waals surface area contributed by atoms with Crippen molar-refractivity contribution in [2.24, 2.45) is 0 Å². The minimum absolute atomic E-state index is 0.0837. The first-order valence-corrected chi connectivity index (χ1v) is 8.34. The molecule has 1 amide bonds. The topological polar surface area (TPSA) is 67.2 Å². The number of aromatic nitrogens is 4. The van der Waals surface area contributed by atoms with Gasteiger partial charge in [0, 0.05) is 24.7 Å². The molecule has 3 rings (SSSR count). The molecular weight excluding hydrogens is 300 g/mol. The fourth-order valence-corrected chi connectivity index (χ4v) is 3.41. The Hall–Kier alpha value is -1.80. The summed E-state index contributed by atoms with van der Waals surface area (Å²) in [6, 6.07) is 0.337. The van der Waals surface area contributed by atoms with Gasteiger partial charge in [0.1, 0.15) is 12.7 Å². The molecule has 0 unspecified atom stereocenters. The summed E-state index contributed by atoms with van der Waals surface area (Å²) in [6.45, 7) is 2.17. The van der Waals surface area contributed by atoms with E-state index >= 15 is 0 Å². The summed E-state index contributed by atoms with van der Waals surface area (Å²) in [6.07, 6.45) is 8.44. The van der Waals surface area contributed by atoms with Gasteiger partial charge in [-0.2, -0.15) is 5.10 Å². The van der Waals surface area contributed by atoms with Crippen LogP contribution in [0.4, 0.5) is 5.13 Å². The third-order valence-corrected chi connectivity index (χ3v) is 4.88. The lowest BCUT2D eigenvalue weighted by molar-refractivity contribution is -0.120. The van der Waals surface area contributed by atoms with E-state index in [9.17, 15) is 4.79 Å². The molecule has 1 aliphatic rings.